The average molecular weight is 334 g/mol. The molecule has 23 heavy (non-hydrogen) atoms. The van der Waals surface area contributed by atoms with Crippen molar-refractivity contribution in [1.82, 2.24) is 4.98 Å². The standard InChI is InChI=1S/C15H24BF3NO3/c1-7(2)21-10-11(22-8(3)4)13(15(17,18)19)20-14(16)12(10)23-9(5)6/h7-9H,1-6,16H3/q-1. The van der Waals surface area contributed by atoms with Gasteiger partial charge in [0.2, 0.25) is 5.75 Å². The Morgan fingerprint density at radius 3 is 1.57 bits per heavy atom. The van der Waals surface area contributed by atoms with E-state index in [0.717, 1.165) is 0 Å². The second-order valence-corrected chi connectivity index (χ2v) is 5.56. The summed E-state index contributed by atoms with van der Waals surface area (Å²) in [5.41, 5.74) is -0.680. The van der Waals surface area contributed by atoms with Gasteiger partial charge >= 0.3 is 6.18 Å². The predicted octanol–water partition coefficient (Wildman–Crippen LogP) is 2.45. The van der Waals surface area contributed by atoms with Crippen molar-refractivity contribution in [1.29, 1.82) is 0 Å². The Balaban J connectivity index is 3.66. The van der Waals surface area contributed by atoms with Crippen LogP contribution in [0.25, 0.3) is 0 Å². The van der Waals surface area contributed by atoms with Gasteiger partial charge in [-0.25, -0.2) is 0 Å². The van der Waals surface area contributed by atoms with Crippen LogP contribution in [0.1, 0.15) is 47.2 Å². The second kappa shape index (κ2) is 7.32. The number of aromatic nitrogens is 1. The molecule has 1 aromatic heterocycles. The van der Waals surface area contributed by atoms with Gasteiger partial charge in [-0.1, -0.05) is 5.59 Å². The van der Waals surface area contributed by atoms with E-state index in [2.05, 4.69) is 4.98 Å². The summed E-state index contributed by atoms with van der Waals surface area (Å²) in [6.07, 6.45) is -5.58. The van der Waals surface area contributed by atoms with Crippen molar-refractivity contribution >= 4 is 13.4 Å². The monoisotopic (exact) mass is 334 g/mol. The van der Waals surface area contributed by atoms with Crippen LogP contribution in [0, 0.1) is 0 Å². The number of alkyl halides is 3. The molecule has 0 saturated heterocycles. The summed E-state index contributed by atoms with van der Waals surface area (Å²) in [6, 6.07) is 0. The summed E-state index contributed by atoms with van der Waals surface area (Å²) >= 11 is 0. The number of hydrogen-bond acceptors (Lipinski definition) is 4. The molecule has 0 radical (unpaired) electrons. The number of halogens is 3. The van der Waals surface area contributed by atoms with Crippen LogP contribution >= 0.6 is 0 Å². The molecule has 0 saturated carbocycles. The quantitative estimate of drug-likeness (QED) is 0.750. The van der Waals surface area contributed by atoms with E-state index in [9.17, 15) is 13.2 Å². The van der Waals surface area contributed by atoms with Crippen LogP contribution in [-0.4, -0.2) is 31.1 Å². The third-order valence-corrected chi connectivity index (χ3v) is 2.23. The number of hydrogen-bond donors (Lipinski definition) is 0. The van der Waals surface area contributed by atoms with Crippen molar-refractivity contribution < 1.29 is 27.4 Å². The van der Waals surface area contributed by atoms with Crippen molar-refractivity contribution in [2.24, 2.45) is 0 Å². The smallest absolute Gasteiger partial charge is 0.437 e. The van der Waals surface area contributed by atoms with Crippen LogP contribution in [-0.2, 0) is 6.18 Å². The molecule has 1 aromatic rings. The van der Waals surface area contributed by atoms with E-state index in [1.165, 1.54) is 0 Å². The van der Waals surface area contributed by atoms with Gasteiger partial charge in [0.05, 0.1) is 18.3 Å². The Morgan fingerprint density at radius 1 is 0.783 bits per heavy atom. The second-order valence-electron chi connectivity index (χ2n) is 5.56. The molecular weight excluding hydrogens is 310 g/mol. The third kappa shape index (κ3) is 5.22. The molecule has 132 valence electrons. The lowest BCUT2D eigenvalue weighted by atomic mass is 10.0. The number of pyridine rings is 1. The van der Waals surface area contributed by atoms with E-state index in [4.69, 9.17) is 14.2 Å². The highest BCUT2D eigenvalue weighted by atomic mass is 19.4. The maximum absolute atomic E-state index is 13.4. The van der Waals surface area contributed by atoms with Crippen LogP contribution in [0.2, 0.25) is 0 Å². The first-order chi connectivity index (χ1) is 10.4. The van der Waals surface area contributed by atoms with E-state index in [-0.39, 0.29) is 29.5 Å². The Bertz CT molecular complexity index is 546. The lowest BCUT2D eigenvalue weighted by Gasteiger charge is -2.26. The first kappa shape index (κ1) is 19.5. The van der Waals surface area contributed by atoms with Crippen LogP contribution < -0.4 is 19.8 Å². The third-order valence-electron chi connectivity index (χ3n) is 2.23. The molecule has 0 aliphatic carbocycles. The lowest BCUT2D eigenvalue weighted by molar-refractivity contribution is -0.143. The number of rotatable bonds is 6. The molecule has 1 rings (SSSR count). The van der Waals surface area contributed by atoms with Crippen LogP contribution in [0.3, 0.4) is 0 Å². The molecule has 1 heterocycles. The molecule has 0 bridgehead atoms. The zero-order valence-corrected chi connectivity index (χ0v) is 13.5. The van der Waals surface area contributed by atoms with E-state index < -0.39 is 25.8 Å². The van der Waals surface area contributed by atoms with Gasteiger partial charge in [0, 0.05) is 7.85 Å². The summed E-state index contributed by atoms with van der Waals surface area (Å²) < 4.78 is 56.9. The fourth-order valence-corrected chi connectivity index (χ4v) is 1.61. The maximum Gasteiger partial charge on any atom is 0.437 e. The van der Waals surface area contributed by atoms with E-state index in [1.54, 1.807) is 41.5 Å². The summed E-state index contributed by atoms with van der Waals surface area (Å²) in [5, 5.41) is 0. The molecule has 0 aliphatic rings. The van der Waals surface area contributed by atoms with Gasteiger partial charge in [0.15, 0.2) is 11.4 Å². The average Bonchev–Trinajstić information content (AvgIpc) is 2.33. The fourth-order valence-electron chi connectivity index (χ4n) is 1.61. The molecule has 0 N–H and O–H groups in total. The summed E-state index contributed by atoms with van der Waals surface area (Å²) in [5.74, 6) is -0.0901. The highest BCUT2D eigenvalue weighted by Gasteiger charge is 2.40. The zero-order chi connectivity index (χ0) is 17.9. The Kier molecular flexibility index (Phi) is 6.19. The first-order valence-corrected chi connectivity index (χ1v) is 7.05. The van der Waals surface area contributed by atoms with Crippen LogP contribution in [0.4, 0.5) is 13.2 Å². The van der Waals surface area contributed by atoms with E-state index in [0.29, 0.717) is 5.59 Å². The number of ether oxygens (including phenoxy) is 3. The molecule has 4 nitrogen and oxygen atoms in total. The van der Waals surface area contributed by atoms with Gasteiger partial charge in [-0.3, -0.25) is 4.98 Å². The van der Waals surface area contributed by atoms with E-state index in [1.807, 2.05) is 0 Å². The highest BCUT2D eigenvalue weighted by molar-refractivity contribution is 6.33. The van der Waals surface area contributed by atoms with Gasteiger partial charge in [0.1, 0.15) is 5.75 Å². The van der Waals surface area contributed by atoms with E-state index >= 15 is 0 Å². The van der Waals surface area contributed by atoms with Gasteiger partial charge in [0.25, 0.3) is 0 Å². The number of nitrogens with zero attached hydrogens (tertiary/aromatic N) is 1. The topological polar surface area (TPSA) is 40.6 Å². The predicted molar refractivity (Wildman–Crippen MR) is 86.1 cm³/mol. The van der Waals surface area contributed by atoms with Crippen molar-refractivity contribution in [3.63, 3.8) is 0 Å². The van der Waals surface area contributed by atoms with Gasteiger partial charge in [-0.2, -0.15) is 13.2 Å². The Hall–Kier alpha value is -1.60. The normalized spacial score (nSPS) is 12.2. The minimum absolute atomic E-state index is 0.00900. The SMILES string of the molecule is [BH3-]c1nc(C(F)(F)F)c(OC(C)C)c(OC(C)C)c1OC(C)C. The molecule has 0 amide bonds. The molecule has 8 heteroatoms. The largest absolute Gasteiger partial charge is 0.489 e. The van der Waals surface area contributed by atoms with Crippen molar-refractivity contribution in [3.05, 3.63) is 5.69 Å². The molecule has 0 aliphatic heterocycles. The summed E-state index contributed by atoms with van der Waals surface area (Å²) in [6.45, 7) is 10.4. The molecular formula is C15H24BF3NO3-. The molecule has 0 spiro atoms. The lowest BCUT2D eigenvalue weighted by Crippen LogP contribution is -2.26. The Morgan fingerprint density at radius 2 is 1.17 bits per heavy atom. The van der Waals surface area contributed by atoms with Crippen molar-refractivity contribution in [3.8, 4) is 17.2 Å². The first-order valence-electron chi connectivity index (χ1n) is 7.05. The summed E-state index contributed by atoms with van der Waals surface area (Å²) in [7, 11) is -0.649. The molecule has 0 atom stereocenters. The Labute approximate surface area is 135 Å². The minimum Gasteiger partial charge on any atom is -0.489 e. The zero-order valence-electron chi connectivity index (χ0n) is 13.5. The summed E-state index contributed by atoms with van der Waals surface area (Å²) in [4.78, 5) is 3.77. The van der Waals surface area contributed by atoms with Crippen LogP contribution in [0.15, 0.2) is 0 Å². The van der Waals surface area contributed by atoms with Gasteiger partial charge < -0.3 is 14.2 Å². The maximum atomic E-state index is 13.4. The van der Waals surface area contributed by atoms with Crippen LogP contribution in [0.5, 0.6) is 17.2 Å². The molecule has 0 unspecified atom stereocenters. The van der Waals surface area contributed by atoms with Gasteiger partial charge in [-0.15, -0.1) is 0 Å². The minimum atomic E-state index is -4.61. The molecule has 0 fully saturated rings. The van der Waals surface area contributed by atoms with Crippen molar-refractivity contribution in [2.45, 2.75) is 66.0 Å². The fraction of sp³-hybridized carbons (Fsp3) is 0.667. The van der Waals surface area contributed by atoms with Gasteiger partial charge in [-0.05, 0) is 41.5 Å². The van der Waals surface area contributed by atoms with Crippen molar-refractivity contribution in [2.75, 3.05) is 0 Å². The molecule has 0 aromatic carbocycles. The highest BCUT2D eigenvalue weighted by Crippen LogP contribution is 2.45.